The molecule has 0 radical (unpaired) electrons. The van der Waals surface area contributed by atoms with Gasteiger partial charge < -0.3 is 9.80 Å². The van der Waals surface area contributed by atoms with Crippen LogP contribution >= 0.6 is 0 Å². The first-order valence-electron chi connectivity index (χ1n) is 9.01. The molecule has 0 saturated carbocycles. The Morgan fingerprint density at radius 1 is 0.917 bits per heavy atom. The van der Waals surface area contributed by atoms with Gasteiger partial charge in [0.2, 0.25) is 0 Å². The average molecular weight is 318 g/mol. The Hall–Kier alpha value is -2.13. The van der Waals surface area contributed by atoms with Gasteiger partial charge in [-0.25, -0.2) is 0 Å². The molecular weight excluding hydrogens is 296 g/mol. The fourth-order valence-corrected chi connectivity index (χ4v) is 4.71. The molecule has 6 rings (SSSR count). The molecule has 2 bridgehead atoms. The number of carbonyl (C=O) groups is 1. The van der Waals surface area contributed by atoms with Gasteiger partial charge in [0.25, 0.3) is 5.91 Å². The van der Waals surface area contributed by atoms with Crippen LogP contribution in [-0.4, -0.2) is 41.4 Å². The highest BCUT2D eigenvalue weighted by atomic mass is 16.2. The van der Waals surface area contributed by atoms with Crippen LogP contribution in [0.25, 0.3) is 11.1 Å². The quantitative estimate of drug-likeness (QED) is 0.847. The maximum atomic E-state index is 12.9. The zero-order valence-corrected chi connectivity index (χ0v) is 13.8. The van der Waals surface area contributed by atoms with Crippen LogP contribution in [0.3, 0.4) is 0 Å². The molecule has 122 valence electrons. The summed E-state index contributed by atoms with van der Waals surface area (Å²) < 4.78 is 0. The third-order valence-corrected chi connectivity index (χ3v) is 6.07. The normalized spacial score (nSPS) is 28.2. The molecule has 4 aliphatic rings. The molecule has 0 spiro atoms. The van der Waals surface area contributed by atoms with Crippen molar-refractivity contribution in [2.45, 2.75) is 25.4 Å². The van der Waals surface area contributed by atoms with Crippen molar-refractivity contribution < 1.29 is 4.79 Å². The van der Waals surface area contributed by atoms with Gasteiger partial charge in [0.1, 0.15) is 0 Å². The lowest BCUT2D eigenvalue weighted by molar-refractivity contribution is 0.00846. The second-order valence-electron chi connectivity index (χ2n) is 7.38. The van der Waals surface area contributed by atoms with Crippen molar-refractivity contribution in [1.29, 1.82) is 0 Å². The van der Waals surface area contributed by atoms with E-state index >= 15 is 0 Å². The number of rotatable bonds is 2. The minimum Gasteiger partial charge on any atom is -0.330 e. The van der Waals surface area contributed by atoms with Crippen molar-refractivity contribution in [3.63, 3.8) is 0 Å². The van der Waals surface area contributed by atoms with Crippen LogP contribution in [0.15, 0.2) is 48.5 Å². The third kappa shape index (κ3) is 2.19. The van der Waals surface area contributed by atoms with E-state index in [1.54, 1.807) is 0 Å². The maximum Gasteiger partial charge on any atom is 0.254 e. The number of benzene rings is 2. The summed E-state index contributed by atoms with van der Waals surface area (Å²) in [6, 6.07) is 17.2. The first-order valence-corrected chi connectivity index (χ1v) is 9.01. The summed E-state index contributed by atoms with van der Waals surface area (Å²) >= 11 is 0. The Morgan fingerprint density at radius 3 is 2.42 bits per heavy atom. The van der Waals surface area contributed by atoms with Gasteiger partial charge in [0, 0.05) is 24.7 Å². The Bertz CT molecular complexity index is 778. The first kappa shape index (κ1) is 14.2. The van der Waals surface area contributed by atoms with E-state index in [-0.39, 0.29) is 5.91 Å². The maximum absolute atomic E-state index is 12.9. The Kier molecular flexibility index (Phi) is 3.23. The second kappa shape index (κ2) is 5.45. The first-order chi connectivity index (χ1) is 11.8. The summed E-state index contributed by atoms with van der Waals surface area (Å²) in [7, 11) is 0. The molecule has 3 heteroatoms. The SMILES string of the molecule is O=C1c2ccc(-c3ccccc3)cc2CN1C1CN2CCC1CC2. The summed E-state index contributed by atoms with van der Waals surface area (Å²) in [5.41, 5.74) is 4.52. The smallest absolute Gasteiger partial charge is 0.254 e. The largest absolute Gasteiger partial charge is 0.330 e. The van der Waals surface area contributed by atoms with E-state index in [0.29, 0.717) is 12.0 Å². The summed E-state index contributed by atoms with van der Waals surface area (Å²) in [4.78, 5) is 17.6. The summed E-state index contributed by atoms with van der Waals surface area (Å²) in [5, 5.41) is 0. The van der Waals surface area contributed by atoms with Gasteiger partial charge in [0.15, 0.2) is 0 Å². The molecule has 1 unspecified atom stereocenters. The highest BCUT2D eigenvalue weighted by molar-refractivity contribution is 5.99. The molecular formula is C21H22N2O. The van der Waals surface area contributed by atoms with Crippen molar-refractivity contribution in [1.82, 2.24) is 9.80 Å². The van der Waals surface area contributed by atoms with Crippen LogP contribution < -0.4 is 0 Å². The van der Waals surface area contributed by atoms with Crippen LogP contribution in [0.1, 0.15) is 28.8 Å². The van der Waals surface area contributed by atoms with Gasteiger partial charge in [-0.15, -0.1) is 0 Å². The fourth-order valence-electron chi connectivity index (χ4n) is 4.71. The van der Waals surface area contributed by atoms with Gasteiger partial charge in [-0.2, -0.15) is 0 Å². The van der Waals surface area contributed by atoms with Gasteiger partial charge in [-0.3, -0.25) is 4.79 Å². The van der Waals surface area contributed by atoms with Crippen LogP contribution in [0, 0.1) is 5.92 Å². The minimum absolute atomic E-state index is 0.239. The number of nitrogens with zero attached hydrogens (tertiary/aromatic N) is 2. The molecule has 1 amide bonds. The van der Waals surface area contributed by atoms with Crippen molar-refractivity contribution in [3.8, 4) is 11.1 Å². The molecule has 24 heavy (non-hydrogen) atoms. The predicted octanol–water partition coefficient (Wildman–Crippen LogP) is 3.40. The molecule has 3 nitrogen and oxygen atoms in total. The summed E-state index contributed by atoms with van der Waals surface area (Å²) in [6.45, 7) is 4.28. The van der Waals surface area contributed by atoms with E-state index in [4.69, 9.17) is 0 Å². The molecule has 3 fully saturated rings. The van der Waals surface area contributed by atoms with Crippen LogP contribution in [0.2, 0.25) is 0 Å². The molecule has 0 aromatic heterocycles. The van der Waals surface area contributed by atoms with E-state index in [0.717, 1.165) is 18.7 Å². The number of amides is 1. The zero-order chi connectivity index (χ0) is 16.1. The number of hydrogen-bond acceptors (Lipinski definition) is 2. The van der Waals surface area contributed by atoms with E-state index in [2.05, 4.69) is 46.2 Å². The minimum atomic E-state index is 0.239. The molecule has 0 N–H and O–H groups in total. The van der Waals surface area contributed by atoms with Gasteiger partial charge in [0.05, 0.1) is 0 Å². The van der Waals surface area contributed by atoms with Gasteiger partial charge >= 0.3 is 0 Å². The van der Waals surface area contributed by atoms with E-state index in [1.165, 1.54) is 42.6 Å². The second-order valence-corrected chi connectivity index (χ2v) is 7.38. The highest BCUT2D eigenvalue weighted by Gasteiger charge is 2.42. The Balaban J connectivity index is 1.45. The number of piperidine rings is 3. The Labute approximate surface area is 142 Å². The molecule has 1 atom stereocenters. The predicted molar refractivity (Wildman–Crippen MR) is 94.7 cm³/mol. The van der Waals surface area contributed by atoms with Crippen molar-refractivity contribution in [2.24, 2.45) is 5.92 Å². The zero-order valence-electron chi connectivity index (χ0n) is 13.8. The lowest BCUT2D eigenvalue weighted by Crippen LogP contribution is -2.57. The molecule has 3 saturated heterocycles. The molecule has 2 aromatic carbocycles. The lowest BCUT2D eigenvalue weighted by Gasteiger charge is -2.48. The highest BCUT2D eigenvalue weighted by Crippen LogP contribution is 2.36. The average Bonchev–Trinajstić information content (AvgIpc) is 2.99. The number of fused-ring (bicyclic) bond motifs is 4. The third-order valence-electron chi connectivity index (χ3n) is 6.07. The summed E-state index contributed by atoms with van der Waals surface area (Å²) in [6.07, 6.45) is 2.50. The standard InChI is InChI=1S/C21H22N2O/c24-21-19-7-6-17(15-4-2-1-3-5-15)12-18(19)13-23(21)20-14-22-10-8-16(20)9-11-22/h1-7,12,16,20H,8-11,13-14H2. The number of carbonyl (C=O) groups excluding carboxylic acids is 1. The Morgan fingerprint density at radius 2 is 1.71 bits per heavy atom. The van der Waals surface area contributed by atoms with Gasteiger partial charge in [-0.1, -0.05) is 36.4 Å². The van der Waals surface area contributed by atoms with Crippen molar-refractivity contribution in [3.05, 3.63) is 59.7 Å². The molecule has 2 aromatic rings. The van der Waals surface area contributed by atoms with Crippen LogP contribution in [0.4, 0.5) is 0 Å². The fraction of sp³-hybridized carbons (Fsp3) is 0.381. The van der Waals surface area contributed by atoms with E-state index in [9.17, 15) is 4.79 Å². The van der Waals surface area contributed by atoms with E-state index in [1.807, 2.05) is 12.1 Å². The number of hydrogen-bond donors (Lipinski definition) is 0. The van der Waals surface area contributed by atoms with Crippen molar-refractivity contribution >= 4 is 5.91 Å². The molecule has 4 heterocycles. The monoisotopic (exact) mass is 318 g/mol. The molecule has 4 aliphatic heterocycles. The van der Waals surface area contributed by atoms with Gasteiger partial charge in [-0.05, 0) is 60.7 Å². The van der Waals surface area contributed by atoms with Crippen molar-refractivity contribution in [2.75, 3.05) is 19.6 Å². The summed E-state index contributed by atoms with van der Waals surface area (Å²) in [5.74, 6) is 0.935. The topological polar surface area (TPSA) is 23.6 Å². The molecule has 0 aliphatic carbocycles. The van der Waals surface area contributed by atoms with Crippen LogP contribution in [0.5, 0.6) is 0 Å². The van der Waals surface area contributed by atoms with Crippen LogP contribution in [-0.2, 0) is 6.54 Å². The van der Waals surface area contributed by atoms with E-state index < -0.39 is 0 Å². The lowest BCUT2D eigenvalue weighted by atomic mass is 9.83.